The van der Waals surface area contributed by atoms with Crippen LogP contribution in [0.15, 0.2) is 0 Å². The van der Waals surface area contributed by atoms with E-state index in [0.29, 0.717) is 17.4 Å². The van der Waals surface area contributed by atoms with Crippen molar-refractivity contribution in [3.05, 3.63) is 11.4 Å². The molecule has 6 heteroatoms. The molecule has 1 fully saturated rings. The molecule has 2 heterocycles. The monoisotopic (exact) mass is 265 g/mol. The molecule has 1 saturated heterocycles. The second kappa shape index (κ2) is 5.21. The van der Waals surface area contributed by atoms with Gasteiger partial charge in [-0.2, -0.15) is 5.10 Å². The number of hydrogen-bond donors (Lipinski definition) is 2. The number of likely N-dealkylation sites (tertiary alicyclic amines) is 1. The fraction of sp³-hybridized carbons (Fsp3) is 0.692. The summed E-state index contributed by atoms with van der Waals surface area (Å²) in [6.07, 6.45) is 1.00. The molecular formula is C13H23N5O. The van der Waals surface area contributed by atoms with Gasteiger partial charge in [0.2, 0.25) is 0 Å². The number of carbonyl (C=O) groups excluding carboxylic acids is 1. The molecule has 0 saturated carbocycles. The van der Waals surface area contributed by atoms with Crippen LogP contribution in [-0.2, 0) is 0 Å². The summed E-state index contributed by atoms with van der Waals surface area (Å²) in [7, 11) is 4.08. The Labute approximate surface area is 113 Å². The number of nitrogen functional groups attached to an aromatic ring is 1. The van der Waals surface area contributed by atoms with Crippen molar-refractivity contribution in [3.63, 3.8) is 0 Å². The average Bonchev–Trinajstić information content (AvgIpc) is 2.94. The molecule has 0 spiro atoms. The molecule has 106 valence electrons. The predicted molar refractivity (Wildman–Crippen MR) is 75.1 cm³/mol. The van der Waals surface area contributed by atoms with Gasteiger partial charge in [0.1, 0.15) is 0 Å². The van der Waals surface area contributed by atoms with Gasteiger partial charge in [0.05, 0.1) is 11.4 Å². The van der Waals surface area contributed by atoms with Crippen LogP contribution in [0.1, 0.15) is 42.4 Å². The highest BCUT2D eigenvalue weighted by Crippen LogP contribution is 2.24. The topological polar surface area (TPSA) is 78.2 Å². The van der Waals surface area contributed by atoms with Crippen molar-refractivity contribution in [2.45, 2.75) is 32.2 Å². The average molecular weight is 265 g/mol. The minimum absolute atomic E-state index is 0.0648. The first kappa shape index (κ1) is 13.9. The Kier molecular flexibility index (Phi) is 3.80. The first-order valence-electron chi connectivity index (χ1n) is 6.71. The number of amides is 1. The van der Waals surface area contributed by atoms with Gasteiger partial charge in [0.25, 0.3) is 5.91 Å². The summed E-state index contributed by atoms with van der Waals surface area (Å²) >= 11 is 0. The minimum Gasteiger partial charge on any atom is -0.395 e. The van der Waals surface area contributed by atoms with Gasteiger partial charge < -0.3 is 15.5 Å². The lowest BCUT2D eigenvalue weighted by Crippen LogP contribution is -2.34. The second-order valence-electron chi connectivity index (χ2n) is 5.71. The molecule has 1 amide bonds. The van der Waals surface area contributed by atoms with Crippen LogP contribution in [0.3, 0.4) is 0 Å². The molecule has 0 aliphatic carbocycles. The number of carbonyl (C=O) groups is 1. The van der Waals surface area contributed by atoms with E-state index in [2.05, 4.69) is 15.1 Å². The molecule has 1 aliphatic rings. The summed E-state index contributed by atoms with van der Waals surface area (Å²) in [6, 6.07) is 0.425. The van der Waals surface area contributed by atoms with Gasteiger partial charge in [0.15, 0.2) is 5.69 Å². The van der Waals surface area contributed by atoms with Gasteiger partial charge >= 0.3 is 0 Å². The second-order valence-corrected chi connectivity index (χ2v) is 5.71. The third-order valence-corrected chi connectivity index (χ3v) is 3.79. The molecule has 1 aliphatic heterocycles. The maximum absolute atomic E-state index is 12.4. The molecule has 3 N–H and O–H groups in total. The lowest BCUT2D eigenvalue weighted by Gasteiger charge is -2.20. The SMILES string of the molecule is CC(C)c1[nH]nc(C(=O)N2CCC(N(C)C)C2)c1N. The highest BCUT2D eigenvalue weighted by molar-refractivity contribution is 5.97. The molecule has 19 heavy (non-hydrogen) atoms. The summed E-state index contributed by atoms with van der Waals surface area (Å²) < 4.78 is 0. The van der Waals surface area contributed by atoms with Gasteiger partial charge in [-0.3, -0.25) is 9.89 Å². The smallest absolute Gasteiger partial charge is 0.276 e. The number of anilines is 1. The van der Waals surface area contributed by atoms with E-state index in [0.717, 1.165) is 25.2 Å². The zero-order valence-corrected chi connectivity index (χ0v) is 12.1. The Morgan fingerprint density at radius 2 is 2.21 bits per heavy atom. The van der Waals surface area contributed by atoms with Crippen LogP contribution < -0.4 is 5.73 Å². The van der Waals surface area contributed by atoms with Crippen LogP contribution in [0.4, 0.5) is 5.69 Å². The molecule has 1 atom stereocenters. The molecule has 0 bridgehead atoms. The fourth-order valence-electron chi connectivity index (χ4n) is 2.46. The number of nitrogens with zero attached hydrogens (tertiary/aromatic N) is 3. The highest BCUT2D eigenvalue weighted by Gasteiger charge is 2.31. The van der Waals surface area contributed by atoms with E-state index in [9.17, 15) is 4.79 Å². The molecule has 0 aromatic carbocycles. The summed E-state index contributed by atoms with van der Waals surface area (Å²) in [5.74, 6) is 0.173. The van der Waals surface area contributed by atoms with Crippen LogP contribution in [0.2, 0.25) is 0 Å². The maximum Gasteiger partial charge on any atom is 0.276 e. The molecule has 2 rings (SSSR count). The third kappa shape index (κ3) is 2.58. The summed E-state index contributed by atoms with van der Waals surface area (Å²) in [6.45, 7) is 5.56. The van der Waals surface area contributed by atoms with Crippen molar-refractivity contribution in [2.24, 2.45) is 0 Å². The normalized spacial score (nSPS) is 19.7. The quantitative estimate of drug-likeness (QED) is 0.851. The molecule has 0 radical (unpaired) electrons. The van der Waals surface area contributed by atoms with Crippen LogP contribution in [0.5, 0.6) is 0 Å². The number of hydrogen-bond acceptors (Lipinski definition) is 4. The van der Waals surface area contributed by atoms with Gasteiger partial charge in [-0.25, -0.2) is 0 Å². The van der Waals surface area contributed by atoms with E-state index in [-0.39, 0.29) is 11.8 Å². The molecule has 1 unspecified atom stereocenters. The number of aromatic nitrogens is 2. The summed E-state index contributed by atoms with van der Waals surface area (Å²) in [5, 5.41) is 6.98. The van der Waals surface area contributed by atoms with Gasteiger partial charge in [-0.1, -0.05) is 13.8 Å². The minimum atomic E-state index is -0.0648. The first-order chi connectivity index (χ1) is 8.91. The third-order valence-electron chi connectivity index (χ3n) is 3.79. The van der Waals surface area contributed by atoms with Crippen LogP contribution >= 0.6 is 0 Å². The van der Waals surface area contributed by atoms with Crippen molar-refractivity contribution < 1.29 is 4.79 Å². The van der Waals surface area contributed by atoms with Crippen LogP contribution in [-0.4, -0.2) is 59.1 Å². The highest BCUT2D eigenvalue weighted by atomic mass is 16.2. The lowest BCUT2D eigenvalue weighted by molar-refractivity contribution is 0.0778. The van der Waals surface area contributed by atoms with E-state index in [1.54, 1.807) is 0 Å². The van der Waals surface area contributed by atoms with E-state index in [1.807, 2.05) is 32.8 Å². The fourth-order valence-corrected chi connectivity index (χ4v) is 2.46. The molecular weight excluding hydrogens is 242 g/mol. The van der Waals surface area contributed by atoms with Crippen LogP contribution in [0.25, 0.3) is 0 Å². The number of nitrogens with two attached hydrogens (primary N) is 1. The number of likely N-dealkylation sites (N-methyl/N-ethyl adjacent to an activating group) is 1. The maximum atomic E-state index is 12.4. The van der Waals surface area contributed by atoms with E-state index >= 15 is 0 Å². The largest absolute Gasteiger partial charge is 0.395 e. The number of aromatic amines is 1. The number of nitrogens with one attached hydrogen (secondary N) is 1. The Bertz CT molecular complexity index is 466. The van der Waals surface area contributed by atoms with E-state index in [1.165, 1.54) is 0 Å². The standard InChI is InChI=1S/C13H23N5O/c1-8(2)11-10(14)12(16-15-11)13(19)18-6-5-9(7-18)17(3)4/h8-9H,5-7,14H2,1-4H3,(H,15,16). The van der Waals surface area contributed by atoms with Crippen LogP contribution in [0, 0.1) is 0 Å². The zero-order chi connectivity index (χ0) is 14.2. The van der Waals surface area contributed by atoms with Crippen molar-refractivity contribution >= 4 is 11.6 Å². The van der Waals surface area contributed by atoms with Gasteiger partial charge in [-0.05, 0) is 26.4 Å². The van der Waals surface area contributed by atoms with Crippen molar-refractivity contribution in [1.29, 1.82) is 0 Å². The summed E-state index contributed by atoms with van der Waals surface area (Å²) in [5.41, 5.74) is 7.71. The number of H-pyrrole nitrogens is 1. The Morgan fingerprint density at radius 3 is 2.68 bits per heavy atom. The molecule has 1 aromatic heterocycles. The molecule has 1 aromatic rings. The van der Waals surface area contributed by atoms with Crippen molar-refractivity contribution in [3.8, 4) is 0 Å². The first-order valence-corrected chi connectivity index (χ1v) is 6.71. The van der Waals surface area contributed by atoms with Gasteiger partial charge in [-0.15, -0.1) is 0 Å². The van der Waals surface area contributed by atoms with Gasteiger partial charge in [0, 0.05) is 19.1 Å². The Hall–Kier alpha value is -1.56. The molecule has 6 nitrogen and oxygen atoms in total. The lowest BCUT2D eigenvalue weighted by atomic mass is 10.1. The van der Waals surface area contributed by atoms with E-state index < -0.39 is 0 Å². The Morgan fingerprint density at radius 1 is 1.53 bits per heavy atom. The number of rotatable bonds is 3. The van der Waals surface area contributed by atoms with Crippen molar-refractivity contribution in [2.75, 3.05) is 32.9 Å². The zero-order valence-electron chi connectivity index (χ0n) is 12.1. The summed E-state index contributed by atoms with van der Waals surface area (Å²) in [4.78, 5) is 16.4. The van der Waals surface area contributed by atoms with E-state index in [4.69, 9.17) is 5.73 Å². The Balaban J connectivity index is 2.13. The predicted octanol–water partition coefficient (Wildman–Crippen LogP) is 0.891. The van der Waals surface area contributed by atoms with Crippen molar-refractivity contribution in [1.82, 2.24) is 20.0 Å².